The van der Waals surface area contributed by atoms with Crippen LogP contribution < -0.4 is 0 Å². The van der Waals surface area contributed by atoms with Crippen molar-refractivity contribution in [3.8, 4) is 0 Å². The SMILES string of the molecule is Cl.OC1(c2ccc(Cl)cc2)CCN(CC2=NOC(c3ccccc3)C2)CC1. The molecular weight excluding hydrogens is 383 g/mol. The van der Waals surface area contributed by atoms with Crippen LogP contribution in [0.3, 0.4) is 0 Å². The summed E-state index contributed by atoms with van der Waals surface area (Å²) in [6, 6.07) is 17.8. The summed E-state index contributed by atoms with van der Waals surface area (Å²) >= 11 is 5.96. The van der Waals surface area contributed by atoms with E-state index in [1.165, 1.54) is 5.56 Å². The van der Waals surface area contributed by atoms with Crippen LogP contribution in [0.25, 0.3) is 0 Å². The molecule has 0 radical (unpaired) electrons. The van der Waals surface area contributed by atoms with Crippen molar-refractivity contribution in [3.63, 3.8) is 0 Å². The van der Waals surface area contributed by atoms with Crippen LogP contribution >= 0.6 is 24.0 Å². The first-order chi connectivity index (χ1) is 12.6. The monoisotopic (exact) mass is 406 g/mol. The highest BCUT2D eigenvalue weighted by atomic mass is 35.5. The van der Waals surface area contributed by atoms with Crippen molar-refractivity contribution >= 4 is 29.7 Å². The quantitative estimate of drug-likeness (QED) is 0.808. The van der Waals surface area contributed by atoms with Crippen LogP contribution in [0, 0.1) is 0 Å². The molecule has 0 aromatic heterocycles. The van der Waals surface area contributed by atoms with E-state index in [9.17, 15) is 5.11 Å². The molecule has 4 nitrogen and oxygen atoms in total. The maximum Gasteiger partial charge on any atom is 0.157 e. The highest BCUT2D eigenvalue weighted by Gasteiger charge is 2.35. The zero-order valence-corrected chi connectivity index (χ0v) is 16.6. The number of benzene rings is 2. The Kier molecular flexibility index (Phi) is 6.43. The summed E-state index contributed by atoms with van der Waals surface area (Å²) in [6.07, 6.45) is 2.29. The zero-order valence-electron chi connectivity index (χ0n) is 15.1. The summed E-state index contributed by atoms with van der Waals surface area (Å²) in [6.45, 7) is 2.49. The Labute approximate surface area is 171 Å². The summed E-state index contributed by atoms with van der Waals surface area (Å²) in [5, 5.41) is 16.0. The molecule has 0 aliphatic carbocycles. The third-order valence-electron chi connectivity index (χ3n) is 5.37. The minimum Gasteiger partial charge on any atom is -0.387 e. The molecule has 2 aliphatic rings. The lowest BCUT2D eigenvalue weighted by atomic mass is 9.84. The molecule has 27 heavy (non-hydrogen) atoms. The number of likely N-dealkylation sites (tertiary alicyclic amines) is 1. The van der Waals surface area contributed by atoms with E-state index >= 15 is 0 Å². The standard InChI is InChI=1S/C21H23ClN2O2.ClH/c22-18-8-6-17(7-9-18)21(25)10-12-24(13-11-21)15-19-14-20(26-23-19)16-4-2-1-3-5-16;/h1-9,20,25H,10-15H2;1H. The number of oxime groups is 1. The Morgan fingerprint density at radius 2 is 1.74 bits per heavy atom. The lowest BCUT2D eigenvalue weighted by Gasteiger charge is -2.38. The fourth-order valence-electron chi connectivity index (χ4n) is 3.75. The second kappa shape index (κ2) is 8.61. The smallest absolute Gasteiger partial charge is 0.157 e. The van der Waals surface area contributed by atoms with Crippen LogP contribution in [0.2, 0.25) is 5.02 Å². The third-order valence-corrected chi connectivity index (χ3v) is 5.62. The van der Waals surface area contributed by atoms with Gasteiger partial charge in [0.2, 0.25) is 0 Å². The van der Waals surface area contributed by atoms with Crippen molar-refractivity contribution in [2.24, 2.45) is 5.16 Å². The first-order valence-electron chi connectivity index (χ1n) is 9.10. The minimum absolute atomic E-state index is 0. The Hall–Kier alpha value is -1.59. The highest BCUT2D eigenvalue weighted by Crippen LogP contribution is 2.34. The molecule has 0 bridgehead atoms. The predicted molar refractivity (Wildman–Crippen MR) is 111 cm³/mol. The number of hydrogen-bond acceptors (Lipinski definition) is 4. The molecule has 1 unspecified atom stereocenters. The molecule has 0 saturated carbocycles. The Morgan fingerprint density at radius 1 is 1.07 bits per heavy atom. The number of halogens is 2. The van der Waals surface area contributed by atoms with Crippen molar-refractivity contribution in [3.05, 3.63) is 70.7 Å². The van der Waals surface area contributed by atoms with E-state index in [1.54, 1.807) is 0 Å². The normalized spacial score (nSPS) is 21.9. The molecule has 2 aromatic rings. The van der Waals surface area contributed by atoms with Crippen molar-refractivity contribution in [1.29, 1.82) is 0 Å². The summed E-state index contributed by atoms with van der Waals surface area (Å²) in [4.78, 5) is 7.96. The molecule has 1 fully saturated rings. The number of aliphatic hydroxyl groups is 1. The van der Waals surface area contributed by atoms with E-state index in [1.807, 2.05) is 42.5 Å². The summed E-state index contributed by atoms with van der Waals surface area (Å²) in [5.41, 5.74) is 2.44. The highest BCUT2D eigenvalue weighted by molar-refractivity contribution is 6.30. The Balaban J connectivity index is 0.00000210. The van der Waals surface area contributed by atoms with Gasteiger partial charge in [-0.1, -0.05) is 59.2 Å². The van der Waals surface area contributed by atoms with Gasteiger partial charge in [-0.2, -0.15) is 0 Å². The first-order valence-corrected chi connectivity index (χ1v) is 9.47. The van der Waals surface area contributed by atoms with Crippen LogP contribution in [0.15, 0.2) is 59.8 Å². The largest absolute Gasteiger partial charge is 0.387 e. The second-order valence-electron chi connectivity index (χ2n) is 7.18. The van der Waals surface area contributed by atoms with Crippen molar-refractivity contribution < 1.29 is 9.94 Å². The molecule has 1 N–H and O–H groups in total. The topological polar surface area (TPSA) is 45.1 Å². The van der Waals surface area contributed by atoms with Gasteiger partial charge in [0.15, 0.2) is 6.10 Å². The molecule has 144 valence electrons. The summed E-state index contributed by atoms with van der Waals surface area (Å²) in [5.74, 6) is 0. The van der Waals surface area contributed by atoms with Gasteiger partial charge in [-0.25, -0.2) is 0 Å². The molecule has 0 spiro atoms. The average Bonchev–Trinajstić information content (AvgIpc) is 3.14. The van der Waals surface area contributed by atoms with Gasteiger partial charge in [0.25, 0.3) is 0 Å². The number of hydrogen-bond donors (Lipinski definition) is 1. The van der Waals surface area contributed by atoms with Gasteiger partial charge in [0, 0.05) is 31.1 Å². The first kappa shape index (κ1) is 20.2. The maximum atomic E-state index is 11.0. The van der Waals surface area contributed by atoms with Crippen LogP contribution in [0.1, 0.15) is 36.5 Å². The van der Waals surface area contributed by atoms with Crippen LogP contribution in [0.4, 0.5) is 0 Å². The Morgan fingerprint density at radius 3 is 2.41 bits per heavy atom. The molecular formula is C21H24Cl2N2O2. The van der Waals surface area contributed by atoms with Gasteiger partial charge in [-0.05, 0) is 36.1 Å². The average molecular weight is 407 g/mol. The van der Waals surface area contributed by atoms with Gasteiger partial charge >= 0.3 is 0 Å². The predicted octanol–water partition coefficient (Wildman–Crippen LogP) is 4.56. The Bertz CT molecular complexity index is 773. The molecule has 6 heteroatoms. The van der Waals surface area contributed by atoms with Crippen LogP contribution in [-0.4, -0.2) is 35.4 Å². The van der Waals surface area contributed by atoms with E-state index in [0.717, 1.165) is 37.3 Å². The molecule has 1 saturated heterocycles. The second-order valence-corrected chi connectivity index (χ2v) is 7.62. The van der Waals surface area contributed by atoms with E-state index < -0.39 is 5.60 Å². The fraction of sp³-hybridized carbons (Fsp3) is 0.381. The van der Waals surface area contributed by atoms with Crippen molar-refractivity contribution in [1.82, 2.24) is 4.90 Å². The van der Waals surface area contributed by atoms with Crippen LogP contribution in [-0.2, 0) is 10.4 Å². The maximum absolute atomic E-state index is 11.0. The van der Waals surface area contributed by atoms with E-state index in [2.05, 4.69) is 22.2 Å². The van der Waals surface area contributed by atoms with Gasteiger partial charge in [-0.3, -0.25) is 4.90 Å². The molecule has 4 rings (SSSR count). The molecule has 1 atom stereocenters. The van der Waals surface area contributed by atoms with Gasteiger partial charge in [0.05, 0.1) is 11.3 Å². The third kappa shape index (κ3) is 4.64. The van der Waals surface area contributed by atoms with E-state index in [4.69, 9.17) is 16.4 Å². The van der Waals surface area contributed by atoms with Gasteiger partial charge in [0.1, 0.15) is 0 Å². The number of piperidine rings is 1. The van der Waals surface area contributed by atoms with E-state index in [0.29, 0.717) is 17.9 Å². The van der Waals surface area contributed by atoms with E-state index in [-0.39, 0.29) is 18.5 Å². The molecule has 2 aromatic carbocycles. The van der Waals surface area contributed by atoms with Gasteiger partial charge < -0.3 is 9.94 Å². The zero-order chi connectivity index (χ0) is 18.0. The summed E-state index contributed by atoms with van der Waals surface area (Å²) in [7, 11) is 0. The molecule has 0 amide bonds. The lowest BCUT2D eigenvalue weighted by Crippen LogP contribution is -2.44. The van der Waals surface area contributed by atoms with Crippen LogP contribution in [0.5, 0.6) is 0 Å². The van der Waals surface area contributed by atoms with Gasteiger partial charge in [-0.15, -0.1) is 12.4 Å². The minimum atomic E-state index is -0.762. The van der Waals surface area contributed by atoms with Crippen molar-refractivity contribution in [2.45, 2.75) is 31.0 Å². The number of nitrogens with zero attached hydrogens (tertiary/aromatic N) is 2. The summed E-state index contributed by atoms with van der Waals surface area (Å²) < 4.78 is 0. The fourth-order valence-corrected chi connectivity index (χ4v) is 3.88. The lowest BCUT2D eigenvalue weighted by molar-refractivity contribution is -0.0226. The molecule has 2 heterocycles. The number of rotatable bonds is 4. The molecule has 2 aliphatic heterocycles. The van der Waals surface area contributed by atoms with Crippen molar-refractivity contribution in [2.75, 3.05) is 19.6 Å².